The van der Waals surface area contributed by atoms with E-state index in [1.54, 1.807) is 0 Å². The third-order valence-electron chi connectivity index (χ3n) is 7.47. The molecule has 2 aromatic carbocycles. The van der Waals surface area contributed by atoms with Crippen molar-refractivity contribution in [3.8, 4) is 11.5 Å². The Balaban J connectivity index is 1.35. The third-order valence-corrected chi connectivity index (χ3v) is 7.47. The van der Waals surface area contributed by atoms with Crippen molar-refractivity contribution in [1.82, 2.24) is 4.90 Å². The van der Waals surface area contributed by atoms with Gasteiger partial charge >= 0.3 is 11.9 Å². The molecule has 0 N–H and O–H groups in total. The molecule has 172 valence electrons. The molecule has 0 radical (unpaired) electrons. The van der Waals surface area contributed by atoms with E-state index < -0.39 is 28.7 Å². The van der Waals surface area contributed by atoms with E-state index >= 15 is 0 Å². The second-order valence-corrected chi connectivity index (χ2v) is 9.36. The zero-order chi connectivity index (χ0) is 22.8. The van der Waals surface area contributed by atoms with Gasteiger partial charge in [0.05, 0.1) is 7.11 Å². The first-order valence-corrected chi connectivity index (χ1v) is 11.1. The molecule has 8 heteroatoms. The number of likely N-dealkylation sites (tertiary alicyclic amines) is 1. The smallest absolute Gasteiger partial charge is 0.354 e. The van der Waals surface area contributed by atoms with Crippen LogP contribution in [0.25, 0.3) is 0 Å². The standard InChI is InChI=1S/C25H25NO7/c1-23-14-26(13-16-6-4-3-5-7-16)18(10-17-8-9-19-20(11-17)31-15-30-19)12-24(23)25(33-24,21(27)29-2)22(28)32-23/h3-9,11,18H,10,12-15H2,1-2H3/t18-,23+,24-,25+/m0/s1. The zero-order valence-electron chi connectivity index (χ0n) is 18.5. The Labute approximate surface area is 191 Å². The molecule has 1 spiro atoms. The number of carbonyl (C=O) groups is 2. The fourth-order valence-electron chi connectivity index (χ4n) is 5.80. The van der Waals surface area contributed by atoms with Gasteiger partial charge in [-0.15, -0.1) is 0 Å². The Bertz CT molecular complexity index is 1140. The minimum atomic E-state index is -1.66. The summed E-state index contributed by atoms with van der Waals surface area (Å²) in [6.07, 6.45) is 1.15. The van der Waals surface area contributed by atoms with Crippen LogP contribution in [0.5, 0.6) is 11.5 Å². The average molecular weight is 451 g/mol. The summed E-state index contributed by atoms with van der Waals surface area (Å²) >= 11 is 0. The normalized spacial score (nSPS) is 33.8. The van der Waals surface area contributed by atoms with Crippen LogP contribution in [0.2, 0.25) is 0 Å². The molecule has 6 rings (SSSR count). The number of hydrogen-bond donors (Lipinski definition) is 0. The van der Waals surface area contributed by atoms with E-state index in [1.165, 1.54) is 7.11 Å². The Morgan fingerprint density at radius 1 is 1.12 bits per heavy atom. The number of esters is 2. The van der Waals surface area contributed by atoms with Crippen molar-refractivity contribution in [2.24, 2.45) is 0 Å². The highest BCUT2D eigenvalue weighted by atomic mass is 16.7. The van der Waals surface area contributed by atoms with Crippen LogP contribution in [0, 0.1) is 0 Å². The lowest BCUT2D eigenvalue weighted by Gasteiger charge is -2.46. The number of hydrogen-bond acceptors (Lipinski definition) is 8. The summed E-state index contributed by atoms with van der Waals surface area (Å²) in [5.74, 6) is 0.126. The molecule has 0 aliphatic carbocycles. The molecule has 3 fully saturated rings. The molecule has 2 aromatic rings. The number of nitrogens with zero attached hydrogens (tertiary/aromatic N) is 1. The van der Waals surface area contributed by atoms with E-state index in [0.29, 0.717) is 25.9 Å². The van der Waals surface area contributed by atoms with Crippen LogP contribution in [0.15, 0.2) is 48.5 Å². The van der Waals surface area contributed by atoms with E-state index in [-0.39, 0.29) is 12.8 Å². The Kier molecular flexibility index (Phi) is 4.32. The van der Waals surface area contributed by atoms with Crippen LogP contribution in [-0.4, -0.2) is 60.1 Å². The second-order valence-electron chi connectivity index (χ2n) is 9.36. The Hall–Kier alpha value is -3.10. The van der Waals surface area contributed by atoms with E-state index in [9.17, 15) is 9.59 Å². The monoisotopic (exact) mass is 451 g/mol. The largest absolute Gasteiger partial charge is 0.466 e. The summed E-state index contributed by atoms with van der Waals surface area (Å²) in [6, 6.07) is 16.1. The van der Waals surface area contributed by atoms with E-state index in [0.717, 1.165) is 22.6 Å². The van der Waals surface area contributed by atoms with Gasteiger partial charge in [0.2, 0.25) is 6.79 Å². The molecular weight excluding hydrogens is 426 g/mol. The van der Waals surface area contributed by atoms with Gasteiger partial charge in [-0.25, -0.2) is 9.59 Å². The summed E-state index contributed by atoms with van der Waals surface area (Å²) in [6.45, 7) is 3.21. The summed E-state index contributed by atoms with van der Waals surface area (Å²) in [5, 5.41) is 0. The predicted octanol–water partition coefficient (Wildman–Crippen LogP) is 2.23. The number of carbonyl (C=O) groups excluding carboxylic acids is 2. The minimum Gasteiger partial charge on any atom is -0.466 e. The third kappa shape index (κ3) is 2.77. The molecular formula is C25H25NO7. The van der Waals surface area contributed by atoms with Gasteiger partial charge in [0.15, 0.2) is 22.7 Å². The molecule has 0 unspecified atom stereocenters. The van der Waals surface area contributed by atoms with Crippen molar-refractivity contribution < 1.29 is 33.3 Å². The van der Waals surface area contributed by atoms with Crippen LogP contribution >= 0.6 is 0 Å². The van der Waals surface area contributed by atoms with E-state index in [4.69, 9.17) is 23.7 Å². The maximum absolute atomic E-state index is 12.9. The van der Waals surface area contributed by atoms with Crippen molar-refractivity contribution in [2.45, 2.75) is 49.2 Å². The lowest BCUT2D eigenvalue weighted by Crippen LogP contribution is -2.61. The molecule has 0 aromatic heterocycles. The van der Waals surface area contributed by atoms with Crippen LogP contribution in [0.1, 0.15) is 24.5 Å². The molecule has 4 atom stereocenters. The van der Waals surface area contributed by atoms with Crippen LogP contribution in [0.3, 0.4) is 0 Å². The first-order valence-electron chi connectivity index (χ1n) is 11.1. The average Bonchev–Trinajstić information content (AvgIpc) is 3.19. The minimum absolute atomic E-state index is 0.000293. The van der Waals surface area contributed by atoms with Crippen LogP contribution in [-0.2, 0) is 36.8 Å². The first kappa shape index (κ1) is 20.5. The lowest BCUT2D eigenvalue weighted by molar-refractivity contribution is -0.179. The lowest BCUT2D eigenvalue weighted by atomic mass is 9.72. The van der Waals surface area contributed by atoms with Crippen LogP contribution < -0.4 is 9.47 Å². The van der Waals surface area contributed by atoms with Crippen molar-refractivity contribution in [1.29, 1.82) is 0 Å². The molecule has 0 saturated carbocycles. The van der Waals surface area contributed by atoms with Crippen LogP contribution in [0.4, 0.5) is 0 Å². The summed E-state index contributed by atoms with van der Waals surface area (Å²) in [4.78, 5) is 27.8. The molecule has 33 heavy (non-hydrogen) atoms. The number of rotatable bonds is 5. The highest BCUT2D eigenvalue weighted by Crippen LogP contribution is 2.66. The molecule has 4 heterocycles. The van der Waals surface area contributed by atoms with Gasteiger partial charge in [-0.2, -0.15) is 0 Å². The number of epoxide rings is 1. The first-order chi connectivity index (χ1) is 15.9. The maximum atomic E-state index is 12.9. The highest BCUT2D eigenvalue weighted by molar-refractivity contribution is 6.11. The molecule has 4 aliphatic heterocycles. The summed E-state index contributed by atoms with van der Waals surface area (Å²) < 4.78 is 27.8. The van der Waals surface area contributed by atoms with E-state index in [1.807, 2.05) is 43.3 Å². The number of benzene rings is 2. The van der Waals surface area contributed by atoms with Gasteiger partial charge in [-0.1, -0.05) is 36.4 Å². The van der Waals surface area contributed by atoms with Crippen molar-refractivity contribution in [2.75, 3.05) is 20.4 Å². The molecule has 0 amide bonds. The summed E-state index contributed by atoms with van der Waals surface area (Å²) in [7, 11) is 1.27. The fourth-order valence-corrected chi connectivity index (χ4v) is 5.80. The van der Waals surface area contributed by atoms with Gasteiger partial charge in [0, 0.05) is 25.6 Å². The van der Waals surface area contributed by atoms with Gasteiger partial charge in [-0.05, 0) is 36.6 Å². The van der Waals surface area contributed by atoms with Crippen molar-refractivity contribution in [3.63, 3.8) is 0 Å². The Morgan fingerprint density at radius 2 is 1.91 bits per heavy atom. The second kappa shape index (κ2) is 6.95. The maximum Gasteiger partial charge on any atom is 0.354 e. The number of ether oxygens (including phenoxy) is 5. The van der Waals surface area contributed by atoms with Crippen molar-refractivity contribution in [3.05, 3.63) is 59.7 Å². The molecule has 4 aliphatic rings. The fraction of sp³-hybridized carbons (Fsp3) is 0.440. The Morgan fingerprint density at radius 3 is 2.70 bits per heavy atom. The molecule has 8 nitrogen and oxygen atoms in total. The highest BCUT2D eigenvalue weighted by Gasteiger charge is 2.93. The van der Waals surface area contributed by atoms with Gasteiger partial charge in [0.1, 0.15) is 0 Å². The van der Waals surface area contributed by atoms with Gasteiger partial charge in [-0.3, -0.25) is 4.90 Å². The number of methoxy groups -OCH3 is 1. The zero-order valence-corrected chi connectivity index (χ0v) is 18.5. The molecule has 3 saturated heterocycles. The summed E-state index contributed by atoms with van der Waals surface area (Å²) in [5.41, 5.74) is -1.40. The molecule has 0 bridgehead atoms. The van der Waals surface area contributed by atoms with Gasteiger partial charge in [0.25, 0.3) is 5.60 Å². The quantitative estimate of drug-likeness (QED) is 0.389. The van der Waals surface area contributed by atoms with Gasteiger partial charge < -0.3 is 23.7 Å². The van der Waals surface area contributed by atoms with E-state index in [2.05, 4.69) is 17.0 Å². The van der Waals surface area contributed by atoms with Crippen molar-refractivity contribution >= 4 is 11.9 Å². The topological polar surface area (TPSA) is 86.8 Å². The SMILES string of the molecule is COC(=O)[C@]12O[C@]13C[C@H](Cc1ccc4c(c1)OCO4)N(Cc1ccccc1)C[C@@]3(C)OC2=O. The number of piperidine rings is 1. The number of fused-ring (bicyclic) bond motifs is 1. The predicted molar refractivity (Wildman–Crippen MR) is 115 cm³/mol.